The first-order valence-corrected chi connectivity index (χ1v) is 13.1. The quantitative estimate of drug-likeness (QED) is 0.221. The van der Waals surface area contributed by atoms with Crippen LogP contribution in [0.25, 0.3) is 0 Å². The van der Waals surface area contributed by atoms with Gasteiger partial charge < -0.3 is 26.2 Å². The minimum Gasteiger partial charge on any atom is -0.462 e. The lowest BCUT2D eigenvalue weighted by molar-refractivity contribution is -0.138. The van der Waals surface area contributed by atoms with Crippen LogP contribution < -0.4 is 0 Å². The minimum absolute atomic E-state index is 0.357. The van der Waals surface area contributed by atoms with Gasteiger partial charge in [-0.2, -0.15) is 0 Å². The number of carbonyl (C=O) groups excluding carboxylic acids is 1. The van der Waals surface area contributed by atoms with Gasteiger partial charge in [0.1, 0.15) is 0 Å². The molecule has 0 rings (SSSR count). The van der Waals surface area contributed by atoms with Gasteiger partial charge in [-0.05, 0) is 19.4 Å². The molecule has 0 aliphatic heterocycles. The van der Waals surface area contributed by atoms with E-state index in [1.54, 1.807) is 34.8 Å². The zero-order valence-electron chi connectivity index (χ0n) is 14.4. The predicted octanol–water partition coefficient (Wildman–Crippen LogP) is 1.11. The fraction of sp³-hybridized carbons (Fsp3) is 0.750. The fourth-order valence-electron chi connectivity index (χ4n) is 1.38. The molecular formula is C12H28O7Si3. The van der Waals surface area contributed by atoms with Crippen LogP contribution in [0.5, 0.6) is 0 Å². The highest BCUT2D eigenvalue weighted by Crippen LogP contribution is 2.17. The highest BCUT2D eigenvalue weighted by atomic mass is 28.5. The fourth-order valence-corrected chi connectivity index (χ4v) is 8.95. The maximum atomic E-state index is 11.2. The summed E-state index contributed by atoms with van der Waals surface area (Å²) in [6.45, 7) is 9.14. The minimum atomic E-state index is -2.75. The molecule has 22 heavy (non-hydrogen) atoms. The first-order valence-electron chi connectivity index (χ1n) is 7.04. The molecule has 7 nitrogen and oxygen atoms in total. The summed E-state index contributed by atoms with van der Waals surface area (Å²) in [4.78, 5) is 11.2. The first-order chi connectivity index (χ1) is 10.2. The van der Waals surface area contributed by atoms with Gasteiger partial charge in [0.25, 0.3) is 0 Å². The molecule has 1 atom stereocenters. The van der Waals surface area contributed by atoms with E-state index >= 15 is 0 Å². The summed E-state index contributed by atoms with van der Waals surface area (Å²) in [5.41, 5.74) is 0.407. The molecule has 0 spiro atoms. The Kier molecular flexibility index (Phi) is 10.3. The summed E-state index contributed by atoms with van der Waals surface area (Å²) in [6, 6.07) is 0.858. The van der Waals surface area contributed by atoms with E-state index in [4.69, 9.17) is 26.2 Å². The van der Waals surface area contributed by atoms with Crippen molar-refractivity contribution in [1.29, 1.82) is 0 Å². The van der Waals surface area contributed by atoms with E-state index in [0.717, 1.165) is 12.5 Å². The monoisotopic (exact) mass is 368 g/mol. The molecule has 0 aromatic carbocycles. The SMILES string of the molecule is C=C(C)C(=O)OCCC[SiH2]O[Si](C)(OC)O[Si](C)(OC)OC. The molecule has 10 heteroatoms. The molecule has 0 aliphatic carbocycles. The summed E-state index contributed by atoms with van der Waals surface area (Å²) < 4.78 is 32.8. The molecule has 0 radical (unpaired) electrons. The van der Waals surface area contributed by atoms with Crippen molar-refractivity contribution in [3.8, 4) is 0 Å². The van der Waals surface area contributed by atoms with E-state index in [0.29, 0.717) is 12.2 Å². The van der Waals surface area contributed by atoms with E-state index in [-0.39, 0.29) is 5.97 Å². The molecule has 0 heterocycles. The zero-order chi connectivity index (χ0) is 17.2. The van der Waals surface area contributed by atoms with E-state index in [1.165, 1.54) is 0 Å². The summed E-state index contributed by atoms with van der Waals surface area (Å²) in [5.74, 6) is -0.357. The second-order valence-electron chi connectivity index (χ2n) is 4.91. The summed E-state index contributed by atoms with van der Waals surface area (Å²) in [7, 11) is -1.63. The molecule has 0 saturated carbocycles. The van der Waals surface area contributed by atoms with Crippen molar-refractivity contribution in [1.82, 2.24) is 0 Å². The number of hydrogen-bond acceptors (Lipinski definition) is 7. The molecule has 0 aliphatic rings. The normalized spacial score (nSPS) is 15.0. The van der Waals surface area contributed by atoms with Crippen LogP contribution in [0.2, 0.25) is 19.1 Å². The molecule has 0 amide bonds. The standard InChI is InChI=1S/C12H28O7Si3/c1-11(2)12(13)17-9-8-10-20-18-22(7,16-5)19-21(6,14-3)15-4/h1,8-10,20H2,2-7H3. The van der Waals surface area contributed by atoms with E-state index in [1.807, 2.05) is 6.55 Å². The van der Waals surface area contributed by atoms with Gasteiger partial charge in [-0.1, -0.05) is 6.58 Å². The molecule has 130 valence electrons. The number of ether oxygens (including phenoxy) is 1. The Labute approximate surface area is 137 Å². The van der Waals surface area contributed by atoms with Gasteiger partial charge in [-0.15, -0.1) is 0 Å². The van der Waals surface area contributed by atoms with Gasteiger partial charge in [0.05, 0.1) is 6.61 Å². The number of rotatable bonds is 12. The Morgan fingerprint density at radius 3 is 2.09 bits per heavy atom. The van der Waals surface area contributed by atoms with Gasteiger partial charge >= 0.3 is 23.6 Å². The lowest BCUT2D eigenvalue weighted by Crippen LogP contribution is -2.54. The van der Waals surface area contributed by atoms with Crippen LogP contribution in [0.3, 0.4) is 0 Å². The molecule has 1 unspecified atom stereocenters. The average molecular weight is 369 g/mol. The van der Waals surface area contributed by atoms with Crippen LogP contribution in [0, 0.1) is 0 Å². The third-order valence-corrected chi connectivity index (χ3v) is 11.9. The Morgan fingerprint density at radius 1 is 1.09 bits per heavy atom. The van der Waals surface area contributed by atoms with Crippen molar-refractivity contribution < 1.29 is 31.0 Å². The van der Waals surface area contributed by atoms with E-state index < -0.39 is 27.4 Å². The second-order valence-corrected chi connectivity index (χ2v) is 12.7. The van der Waals surface area contributed by atoms with Crippen molar-refractivity contribution in [3.05, 3.63) is 12.2 Å². The van der Waals surface area contributed by atoms with Gasteiger partial charge in [-0.25, -0.2) is 4.79 Å². The van der Waals surface area contributed by atoms with Gasteiger partial charge in [0.2, 0.25) is 0 Å². The van der Waals surface area contributed by atoms with Gasteiger partial charge in [0.15, 0.2) is 9.76 Å². The number of hydrogen-bond donors (Lipinski definition) is 0. The second kappa shape index (κ2) is 10.4. The van der Waals surface area contributed by atoms with Crippen molar-refractivity contribution >= 4 is 33.3 Å². The highest BCUT2D eigenvalue weighted by Gasteiger charge is 2.45. The molecule has 0 bridgehead atoms. The topological polar surface area (TPSA) is 72.5 Å². The van der Waals surface area contributed by atoms with Crippen LogP contribution in [-0.4, -0.2) is 61.3 Å². The van der Waals surface area contributed by atoms with Crippen molar-refractivity contribution in [2.45, 2.75) is 32.5 Å². The molecule has 0 saturated heterocycles. The average Bonchev–Trinajstić information content (AvgIpc) is 2.50. The third kappa shape index (κ3) is 8.33. The summed E-state index contributed by atoms with van der Waals surface area (Å²) in [5, 5.41) is 0. The predicted molar refractivity (Wildman–Crippen MR) is 90.2 cm³/mol. The first kappa shape index (κ1) is 21.7. The molecular weight excluding hydrogens is 340 g/mol. The van der Waals surface area contributed by atoms with Crippen LogP contribution in [0.15, 0.2) is 12.2 Å². The van der Waals surface area contributed by atoms with Gasteiger partial charge in [-0.3, -0.25) is 0 Å². The lowest BCUT2D eigenvalue weighted by Gasteiger charge is -2.32. The van der Waals surface area contributed by atoms with Crippen LogP contribution in [0.1, 0.15) is 13.3 Å². The smallest absolute Gasteiger partial charge is 0.462 e. The van der Waals surface area contributed by atoms with Crippen molar-refractivity contribution in [3.63, 3.8) is 0 Å². The van der Waals surface area contributed by atoms with Crippen molar-refractivity contribution in [2.75, 3.05) is 27.9 Å². The largest absolute Gasteiger partial charge is 0.489 e. The Hall–Kier alpha value is -0.339. The maximum absolute atomic E-state index is 11.2. The Bertz CT molecular complexity index is 363. The van der Waals surface area contributed by atoms with E-state index in [9.17, 15) is 4.79 Å². The molecule has 0 fully saturated rings. The van der Waals surface area contributed by atoms with Crippen LogP contribution in [-0.2, 0) is 31.0 Å². The van der Waals surface area contributed by atoms with Gasteiger partial charge in [0, 0.05) is 40.0 Å². The Balaban J connectivity index is 4.09. The molecule has 0 aromatic heterocycles. The maximum Gasteiger partial charge on any atom is 0.489 e. The Morgan fingerprint density at radius 2 is 1.64 bits per heavy atom. The number of esters is 1. The van der Waals surface area contributed by atoms with Crippen molar-refractivity contribution in [2.24, 2.45) is 0 Å². The summed E-state index contributed by atoms with van der Waals surface area (Å²) >= 11 is 0. The lowest BCUT2D eigenvalue weighted by atomic mass is 10.4. The zero-order valence-corrected chi connectivity index (χ0v) is 17.8. The number of carbonyl (C=O) groups is 1. The molecule has 0 aromatic rings. The molecule has 0 N–H and O–H groups in total. The highest BCUT2D eigenvalue weighted by molar-refractivity contribution is 6.75. The summed E-state index contributed by atoms with van der Waals surface area (Å²) in [6.07, 6.45) is 0.753. The van der Waals surface area contributed by atoms with Crippen LogP contribution in [0.4, 0.5) is 0 Å². The third-order valence-electron chi connectivity index (χ3n) is 2.97. The van der Waals surface area contributed by atoms with E-state index in [2.05, 4.69) is 6.58 Å². The van der Waals surface area contributed by atoms with Crippen LogP contribution >= 0.6 is 0 Å².